The molecule has 0 aliphatic rings. The summed E-state index contributed by atoms with van der Waals surface area (Å²) in [5, 5.41) is 5.70. The van der Waals surface area contributed by atoms with Crippen molar-refractivity contribution in [1.29, 1.82) is 0 Å². The van der Waals surface area contributed by atoms with E-state index in [-0.39, 0.29) is 5.69 Å². The zero-order valence-electron chi connectivity index (χ0n) is 11.6. The van der Waals surface area contributed by atoms with Gasteiger partial charge in [0.2, 0.25) is 0 Å². The number of hydrogen-bond acceptors (Lipinski definition) is 2. The van der Waals surface area contributed by atoms with Crippen molar-refractivity contribution in [1.82, 2.24) is 15.2 Å². The molecular weight excluding hydrogens is 291 g/mol. The highest BCUT2D eigenvalue weighted by Gasteiger charge is 2.33. The number of nitrogens with zero attached hydrogens (tertiary/aromatic N) is 2. The van der Waals surface area contributed by atoms with Gasteiger partial charge in [-0.25, -0.2) is 0 Å². The summed E-state index contributed by atoms with van der Waals surface area (Å²) in [5.74, 6) is 0. The minimum atomic E-state index is -4.45. The maximum absolute atomic E-state index is 12.6. The maximum atomic E-state index is 12.6. The summed E-state index contributed by atoms with van der Waals surface area (Å²) in [5.41, 5.74) is 2.66. The Balaban J connectivity index is 2.02. The number of halogens is 3. The van der Waals surface area contributed by atoms with Gasteiger partial charge in [-0.2, -0.15) is 18.3 Å². The van der Waals surface area contributed by atoms with Gasteiger partial charge in [0.15, 0.2) is 0 Å². The second-order valence-corrected chi connectivity index (χ2v) is 4.91. The van der Waals surface area contributed by atoms with Gasteiger partial charge in [-0.3, -0.25) is 10.1 Å². The van der Waals surface area contributed by atoms with E-state index in [0.717, 1.165) is 22.8 Å². The number of rotatable bonds is 2. The lowest BCUT2D eigenvalue weighted by atomic mass is 10.0. The number of aromatic amines is 1. The summed E-state index contributed by atoms with van der Waals surface area (Å²) in [6.07, 6.45) is -2.88. The van der Waals surface area contributed by atoms with Crippen molar-refractivity contribution < 1.29 is 13.2 Å². The van der Waals surface area contributed by atoms with Crippen LogP contribution in [-0.2, 0) is 6.18 Å². The predicted molar refractivity (Wildman–Crippen MR) is 77.0 cm³/mol. The summed E-state index contributed by atoms with van der Waals surface area (Å²) >= 11 is 0. The second kappa shape index (κ2) is 5.29. The first-order valence-corrected chi connectivity index (χ1v) is 6.60. The Morgan fingerprint density at radius 2 is 1.77 bits per heavy atom. The molecule has 0 saturated carbocycles. The highest BCUT2D eigenvalue weighted by Crippen LogP contribution is 2.31. The summed E-state index contributed by atoms with van der Waals surface area (Å²) in [6, 6.07) is 12.3. The third-order valence-electron chi connectivity index (χ3n) is 3.36. The van der Waals surface area contributed by atoms with E-state index in [1.165, 1.54) is 0 Å². The molecule has 0 aliphatic heterocycles. The average Bonchev–Trinajstić information content (AvgIpc) is 2.98. The third-order valence-corrected chi connectivity index (χ3v) is 3.36. The molecule has 1 N–H and O–H groups in total. The largest absolute Gasteiger partial charge is 0.432 e. The molecule has 3 aromatic rings. The number of alkyl halides is 3. The fourth-order valence-corrected chi connectivity index (χ4v) is 2.23. The fraction of sp³-hybridized carbons (Fsp3) is 0.125. The first kappa shape index (κ1) is 14.3. The molecule has 6 heteroatoms. The molecule has 0 saturated heterocycles. The Bertz CT molecular complexity index is 806. The van der Waals surface area contributed by atoms with Crippen LogP contribution in [0, 0.1) is 6.92 Å². The van der Waals surface area contributed by atoms with Gasteiger partial charge in [0.1, 0.15) is 11.4 Å². The van der Waals surface area contributed by atoms with Crippen LogP contribution in [0.4, 0.5) is 13.2 Å². The molecule has 0 amide bonds. The Hall–Kier alpha value is -2.63. The van der Waals surface area contributed by atoms with Gasteiger partial charge in [-0.15, -0.1) is 0 Å². The fourth-order valence-electron chi connectivity index (χ4n) is 2.23. The maximum Gasteiger partial charge on any atom is 0.432 e. The summed E-state index contributed by atoms with van der Waals surface area (Å²) < 4.78 is 37.9. The van der Waals surface area contributed by atoms with Gasteiger partial charge in [-0.05, 0) is 41.8 Å². The molecule has 3 rings (SSSR count). The van der Waals surface area contributed by atoms with Gasteiger partial charge in [0, 0.05) is 6.20 Å². The lowest BCUT2D eigenvalue weighted by Gasteiger charge is -2.06. The van der Waals surface area contributed by atoms with E-state index in [4.69, 9.17) is 0 Å². The molecule has 112 valence electrons. The molecule has 1 aromatic carbocycles. The number of aromatic nitrogens is 3. The number of benzene rings is 1. The van der Waals surface area contributed by atoms with Crippen LogP contribution in [0.3, 0.4) is 0 Å². The highest BCUT2D eigenvalue weighted by atomic mass is 19.4. The Kier molecular flexibility index (Phi) is 3.44. The smallest absolute Gasteiger partial charge is 0.273 e. The summed E-state index contributed by atoms with van der Waals surface area (Å²) in [7, 11) is 0. The van der Waals surface area contributed by atoms with E-state index in [2.05, 4.69) is 10.1 Å². The van der Waals surface area contributed by atoms with Gasteiger partial charge in [0.05, 0.1) is 5.69 Å². The Labute approximate surface area is 124 Å². The van der Waals surface area contributed by atoms with Crippen molar-refractivity contribution >= 4 is 0 Å². The van der Waals surface area contributed by atoms with Gasteiger partial charge >= 0.3 is 6.18 Å². The van der Waals surface area contributed by atoms with E-state index in [9.17, 15) is 13.2 Å². The highest BCUT2D eigenvalue weighted by molar-refractivity contribution is 5.71. The monoisotopic (exact) mass is 303 g/mol. The molecule has 22 heavy (non-hydrogen) atoms. The third kappa shape index (κ3) is 2.72. The molecule has 0 radical (unpaired) electrons. The first-order valence-electron chi connectivity index (χ1n) is 6.60. The molecule has 0 atom stereocenters. The second-order valence-electron chi connectivity index (χ2n) is 4.91. The van der Waals surface area contributed by atoms with Crippen molar-refractivity contribution in [3.63, 3.8) is 0 Å². The average molecular weight is 303 g/mol. The zero-order valence-corrected chi connectivity index (χ0v) is 11.6. The van der Waals surface area contributed by atoms with Crippen LogP contribution in [0.5, 0.6) is 0 Å². The molecule has 0 fully saturated rings. The van der Waals surface area contributed by atoms with E-state index in [0.29, 0.717) is 5.69 Å². The number of hydrogen-bond donors (Lipinski definition) is 1. The van der Waals surface area contributed by atoms with Crippen LogP contribution >= 0.6 is 0 Å². The van der Waals surface area contributed by atoms with Crippen molar-refractivity contribution in [3.8, 4) is 22.5 Å². The molecular formula is C16H12F3N3. The van der Waals surface area contributed by atoms with Crippen LogP contribution in [0.25, 0.3) is 22.5 Å². The van der Waals surface area contributed by atoms with E-state index in [1.54, 1.807) is 12.3 Å². The van der Waals surface area contributed by atoms with Gasteiger partial charge in [-0.1, -0.05) is 24.3 Å². The SMILES string of the molecule is Cc1ccccc1-c1ccnc(-c2cc(C(F)(F)F)[nH]n2)c1. The number of nitrogens with one attached hydrogen (secondary N) is 1. The van der Waals surface area contributed by atoms with Crippen molar-refractivity contribution in [2.24, 2.45) is 0 Å². The van der Waals surface area contributed by atoms with Crippen LogP contribution in [-0.4, -0.2) is 15.2 Å². The van der Waals surface area contributed by atoms with Crippen LogP contribution < -0.4 is 0 Å². The molecule has 3 nitrogen and oxygen atoms in total. The molecule has 2 heterocycles. The van der Waals surface area contributed by atoms with Crippen LogP contribution in [0.1, 0.15) is 11.3 Å². The van der Waals surface area contributed by atoms with Gasteiger partial charge in [0.25, 0.3) is 0 Å². The minimum Gasteiger partial charge on any atom is -0.273 e. The molecule has 2 aromatic heterocycles. The van der Waals surface area contributed by atoms with E-state index < -0.39 is 11.9 Å². The van der Waals surface area contributed by atoms with Crippen molar-refractivity contribution in [3.05, 3.63) is 59.9 Å². The lowest BCUT2D eigenvalue weighted by Crippen LogP contribution is -2.04. The minimum absolute atomic E-state index is 0.169. The number of H-pyrrole nitrogens is 1. The van der Waals surface area contributed by atoms with Crippen molar-refractivity contribution in [2.45, 2.75) is 13.1 Å². The standard InChI is InChI=1S/C16H12F3N3/c1-10-4-2-3-5-12(10)11-6-7-20-13(8-11)14-9-15(22-21-14)16(17,18)19/h2-9H,1H3,(H,21,22). The first-order chi connectivity index (χ1) is 10.4. The number of aryl methyl sites for hydroxylation is 1. The van der Waals surface area contributed by atoms with E-state index in [1.807, 2.05) is 42.4 Å². The molecule has 0 unspecified atom stereocenters. The lowest BCUT2D eigenvalue weighted by molar-refractivity contribution is -0.141. The zero-order chi connectivity index (χ0) is 15.7. The Morgan fingerprint density at radius 3 is 2.45 bits per heavy atom. The normalized spacial score (nSPS) is 11.6. The van der Waals surface area contributed by atoms with E-state index >= 15 is 0 Å². The van der Waals surface area contributed by atoms with Crippen molar-refractivity contribution in [2.75, 3.05) is 0 Å². The number of pyridine rings is 1. The quantitative estimate of drug-likeness (QED) is 0.759. The predicted octanol–water partition coefficient (Wildman–Crippen LogP) is 4.47. The summed E-state index contributed by atoms with van der Waals surface area (Å²) in [4.78, 5) is 4.11. The van der Waals surface area contributed by atoms with Crippen LogP contribution in [0.15, 0.2) is 48.7 Å². The summed E-state index contributed by atoms with van der Waals surface area (Å²) in [6.45, 7) is 1.98. The molecule has 0 bridgehead atoms. The molecule has 0 spiro atoms. The van der Waals surface area contributed by atoms with Crippen LogP contribution in [0.2, 0.25) is 0 Å². The van der Waals surface area contributed by atoms with Gasteiger partial charge < -0.3 is 0 Å². The Morgan fingerprint density at radius 1 is 1.00 bits per heavy atom. The molecule has 0 aliphatic carbocycles. The topological polar surface area (TPSA) is 41.6 Å².